The van der Waals surface area contributed by atoms with Crippen molar-refractivity contribution in [3.8, 4) is 5.69 Å². The van der Waals surface area contributed by atoms with Crippen LogP contribution >= 0.6 is 28.1 Å². The Morgan fingerprint density at radius 2 is 2.00 bits per heavy atom. The Hall–Kier alpha value is -2.71. The average Bonchev–Trinajstić information content (AvgIpc) is 3.39. The van der Waals surface area contributed by atoms with Crippen LogP contribution in [0.25, 0.3) is 5.69 Å². The van der Waals surface area contributed by atoms with Gasteiger partial charge in [0.25, 0.3) is 0 Å². The van der Waals surface area contributed by atoms with E-state index in [0.29, 0.717) is 24.5 Å². The molecule has 6 nitrogen and oxygen atoms in total. The topological polar surface area (TPSA) is 59.4 Å². The van der Waals surface area contributed by atoms with Gasteiger partial charge >= 0.3 is 5.97 Å². The van der Waals surface area contributed by atoms with E-state index in [1.807, 2.05) is 36.4 Å². The van der Waals surface area contributed by atoms with Crippen molar-refractivity contribution >= 4 is 39.2 Å². The first-order valence-electron chi connectivity index (χ1n) is 10.1. The molecule has 0 aliphatic carbocycles. The molecule has 160 valence electrons. The molecule has 1 fully saturated rings. The van der Waals surface area contributed by atoms with E-state index in [-0.39, 0.29) is 18.1 Å². The molecule has 8 heteroatoms. The second kappa shape index (κ2) is 9.62. The predicted octanol–water partition coefficient (Wildman–Crippen LogP) is 4.56. The van der Waals surface area contributed by atoms with Crippen molar-refractivity contribution in [1.29, 1.82) is 0 Å². The maximum Gasteiger partial charge on any atom is 0.305 e. The van der Waals surface area contributed by atoms with Gasteiger partial charge in [0.1, 0.15) is 0 Å². The summed E-state index contributed by atoms with van der Waals surface area (Å²) in [6, 6.07) is 18.1. The zero-order valence-electron chi connectivity index (χ0n) is 17.1. The summed E-state index contributed by atoms with van der Waals surface area (Å²) in [5, 5.41) is 4.12. The molecule has 1 saturated heterocycles. The second-order valence-corrected chi connectivity index (χ2v) is 8.58. The van der Waals surface area contributed by atoms with Crippen LogP contribution in [0.15, 0.2) is 71.5 Å². The van der Waals surface area contributed by atoms with Crippen LogP contribution < -0.4 is 5.32 Å². The van der Waals surface area contributed by atoms with E-state index in [0.717, 1.165) is 21.5 Å². The number of nitrogens with one attached hydrogen (secondary N) is 1. The van der Waals surface area contributed by atoms with E-state index in [4.69, 9.17) is 17.0 Å². The Kier molecular flexibility index (Phi) is 6.67. The smallest absolute Gasteiger partial charge is 0.305 e. The Morgan fingerprint density at radius 3 is 2.71 bits per heavy atom. The number of hydrogen-bond donors (Lipinski definition) is 1. The van der Waals surface area contributed by atoms with Gasteiger partial charge in [-0.25, -0.2) is 0 Å². The number of benzene rings is 1. The van der Waals surface area contributed by atoms with Gasteiger partial charge in [0, 0.05) is 41.2 Å². The monoisotopic (exact) mass is 498 g/mol. The molecule has 2 atom stereocenters. The van der Waals surface area contributed by atoms with Crippen molar-refractivity contribution in [1.82, 2.24) is 19.8 Å². The first-order chi connectivity index (χ1) is 15.1. The standard InChI is InChI=1S/C23H23BrN4O2S/c1-30-20(29)8-5-15-28-22(21(26-23(28)31)18-6-2-3-13-25-18)19-7-4-14-27(19)17-11-9-16(24)10-12-17/h2-4,6-7,9-14,21-22H,5,8,15H2,1H3,(H,26,31)/t21-,22+/m0/s1. The number of nitrogens with zero attached hydrogens (tertiary/aromatic N) is 3. The van der Waals surface area contributed by atoms with Crippen molar-refractivity contribution in [3.63, 3.8) is 0 Å². The fraction of sp³-hybridized carbons (Fsp3) is 0.261. The Bertz CT molecular complexity index is 1050. The van der Waals surface area contributed by atoms with Gasteiger partial charge in [-0.05, 0) is 67.2 Å². The zero-order valence-corrected chi connectivity index (χ0v) is 19.5. The highest BCUT2D eigenvalue weighted by Gasteiger charge is 2.41. The van der Waals surface area contributed by atoms with E-state index in [2.05, 4.69) is 60.1 Å². The molecule has 3 heterocycles. The van der Waals surface area contributed by atoms with Gasteiger partial charge in [0.2, 0.25) is 0 Å². The van der Waals surface area contributed by atoms with E-state index in [9.17, 15) is 4.79 Å². The molecular weight excluding hydrogens is 476 g/mol. The van der Waals surface area contributed by atoms with E-state index >= 15 is 0 Å². The quantitative estimate of drug-likeness (QED) is 0.380. The average molecular weight is 499 g/mol. The van der Waals surface area contributed by atoms with E-state index < -0.39 is 0 Å². The summed E-state index contributed by atoms with van der Waals surface area (Å²) in [7, 11) is 1.41. The molecule has 31 heavy (non-hydrogen) atoms. The number of carbonyl (C=O) groups excluding carboxylic acids is 1. The highest BCUT2D eigenvalue weighted by atomic mass is 79.9. The Morgan fingerprint density at radius 1 is 1.19 bits per heavy atom. The third-order valence-electron chi connectivity index (χ3n) is 5.39. The first-order valence-corrected chi connectivity index (χ1v) is 11.3. The van der Waals surface area contributed by atoms with Crippen LogP contribution in [0.4, 0.5) is 0 Å². The fourth-order valence-electron chi connectivity index (χ4n) is 3.94. The first kappa shape index (κ1) is 21.5. The molecule has 2 aromatic heterocycles. The van der Waals surface area contributed by atoms with Crippen LogP contribution in [0, 0.1) is 0 Å². The maximum atomic E-state index is 11.6. The summed E-state index contributed by atoms with van der Waals surface area (Å²) < 4.78 is 8.00. The maximum absolute atomic E-state index is 11.6. The molecule has 0 saturated carbocycles. The van der Waals surface area contributed by atoms with Crippen LogP contribution in [0.5, 0.6) is 0 Å². The van der Waals surface area contributed by atoms with Crippen molar-refractivity contribution in [3.05, 3.63) is 82.9 Å². The zero-order chi connectivity index (χ0) is 21.8. The minimum Gasteiger partial charge on any atom is -0.469 e. The third-order valence-corrected chi connectivity index (χ3v) is 6.27. The lowest BCUT2D eigenvalue weighted by Gasteiger charge is -2.29. The number of aromatic nitrogens is 2. The Labute approximate surface area is 195 Å². The molecule has 0 bridgehead atoms. The van der Waals surface area contributed by atoms with Crippen molar-refractivity contribution in [2.75, 3.05) is 13.7 Å². The van der Waals surface area contributed by atoms with E-state index in [1.54, 1.807) is 6.20 Å². The molecule has 4 rings (SSSR count). The van der Waals surface area contributed by atoms with Gasteiger partial charge in [-0.1, -0.05) is 22.0 Å². The molecule has 0 amide bonds. The van der Waals surface area contributed by atoms with Gasteiger partial charge in [-0.3, -0.25) is 9.78 Å². The minimum absolute atomic E-state index is 0.0707. The Balaban J connectivity index is 1.70. The van der Waals surface area contributed by atoms with Crippen LogP contribution in [0.1, 0.15) is 36.3 Å². The minimum atomic E-state index is -0.214. The van der Waals surface area contributed by atoms with Crippen molar-refractivity contribution in [2.24, 2.45) is 0 Å². The number of thiocarbonyl (C=S) groups is 1. The molecule has 1 aliphatic heterocycles. The molecule has 1 aromatic carbocycles. The van der Waals surface area contributed by atoms with Gasteiger partial charge in [-0.15, -0.1) is 0 Å². The molecule has 1 aliphatic rings. The van der Waals surface area contributed by atoms with E-state index in [1.165, 1.54) is 7.11 Å². The van der Waals surface area contributed by atoms with Gasteiger partial charge in [0.05, 0.1) is 24.9 Å². The number of pyridine rings is 1. The molecular formula is C23H23BrN4O2S. The number of ether oxygens (including phenoxy) is 1. The second-order valence-electron chi connectivity index (χ2n) is 7.28. The predicted molar refractivity (Wildman–Crippen MR) is 127 cm³/mol. The summed E-state index contributed by atoms with van der Waals surface area (Å²) in [5.74, 6) is -0.214. The largest absolute Gasteiger partial charge is 0.469 e. The lowest BCUT2D eigenvalue weighted by atomic mass is 10.0. The number of hydrogen-bond acceptors (Lipinski definition) is 4. The summed E-state index contributed by atoms with van der Waals surface area (Å²) in [6.07, 6.45) is 4.86. The fourth-order valence-corrected chi connectivity index (χ4v) is 4.53. The number of carbonyl (C=O) groups is 1. The van der Waals surface area contributed by atoms with Gasteiger partial charge in [-0.2, -0.15) is 0 Å². The van der Waals surface area contributed by atoms with Crippen molar-refractivity contribution in [2.45, 2.75) is 24.9 Å². The summed E-state index contributed by atoms with van der Waals surface area (Å²) in [5.41, 5.74) is 3.09. The third kappa shape index (κ3) is 4.65. The van der Waals surface area contributed by atoms with Crippen LogP contribution in [-0.2, 0) is 9.53 Å². The van der Waals surface area contributed by atoms with Crippen LogP contribution in [0.2, 0.25) is 0 Å². The van der Waals surface area contributed by atoms with Crippen LogP contribution in [0.3, 0.4) is 0 Å². The highest BCUT2D eigenvalue weighted by Crippen LogP contribution is 2.39. The normalized spacial score (nSPS) is 18.1. The highest BCUT2D eigenvalue weighted by molar-refractivity contribution is 9.10. The number of rotatable bonds is 7. The SMILES string of the molecule is COC(=O)CCCN1C(=S)N[C@@H](c2ccccn2)[C@H]1c1cccn1-c1ccc(Br)cc1. The number of halogens is 1. The van der Waals surface area contributed by atoms with Gasteiger partial charge < -0.3 is 19.5 Å². The lowest BCUT2D eigenvalue weighted by molar-refractivity contribution is -0.140. The van der Waals surface area contributed by atoms with Crippen LogP contribution in [-0.4, -0.2) is 39.2 Å². The van der Waals surface area contributed by atoms with Gasteiger partial charge in [0.15, 0.2) is 5.11 Å². The summed E-state index contributed by atoms with van der Waals surface area (Å²) in [4.78, 5) is 18.4. The lowest BCUT2D eigenvalue weighted by Crippen LogP contribution is -2.31. The molecule has 0 spiro atoms. The van der Waals surface area contributed by atoms with Crippen molar-refractivity contribution < 1.29 is 9.53 Å². The summed E-state index contributed by atoms with van der Waals surface area (Å²) >= 11 is 9.21. The molecule has 1 N–H and O–H groups in total. The number of methoxy groups -OCH3 is 1. The molecule has 0 unspecified atom stereocenters. The number of esters is 1. The molecule has 3 aromatic rings. The molecule has 0 radical (unpaired) electrons. The summed E-state index contributed by atoms with van der Waals surface area (Å²) in [6.45, 7) is 0.639.